The van der Waals surface area contributed by atoms with Gasteiger partial charge in [-0.1, -0.05) is 72.8 Å². The molecule has 8 nitrogen and oxygen atoms in total. The van der Waals surface area contributed by atoms with Crippen molar-refractivity contribution in [2.75, 3.05) is 10.6 Å². The first-order valence-electron chi connectivity index (χ1n) is 12.8. The molecule has 2 aliphatic heterocycles. The van der Waals surface area contributed by atoms with Crippen LogP contribution in [0.3, 0.4) is 0 Å². The Kier molecular flexibility index (Phi) is 5.48. The zero-order valence-corrected chi connectivity index (χ0v) is 21.7. The van der Waals surface area contributed by atoms with Gasteiger partial charge in [0.2, 0.25) is 11.8 Å². The Morgan fingerprint density at radius 3 is 1.67 bits per heavy atom. The van der Waals surface area contributed by atoms with Crippen molar-refractivity contribution < 1.29 is 9.47 Å². The van der Waals surface area contributed by atoms with Gasteiger partial charge in [0, 0.05) is 10.9 Å². The van der Waals surface area contributed by atoms with Gasteiger partial charge in [-0.05, 0) is 45.0 Å². The average molecular weight is 541 g/mol. The monoisotopic (exact) mass is 540 g/mol. The molecule has 5 aromatic carbocycles. The summed E-state index contributed by atoms with van der Waals surface area (Å²) < 4.78 is 12.1. The lowest BCUT2D eigenvalue weighted by molar-refractivity contribution is 0.455. The van der Waals surface area contributed by atoms with E-state index in [1.807, 2.05) is 109 Å². The molecule has 8 heteroatoms. The van der Waals surface area contributed by atoms with Gasteiger partial charge in [0.15, 0.2) is 22.6 Å². The molecule has 0 unspecified atom stereocenters. The Labute approximate surface area is 239 Å². The lowest BCUT2D eigenvalue weighted by atomic mass is 9.89. The number of hydrogen-bond acceptors (Lipinski definition) is 8. The molecule has 0 radical (unpaired) electrons. The van der Waals surface area contributed by atoms with E-state index in [0.29, 0.717) is 22.9 Å². The molecule has 0 aliphatic carbocycles. The summed E-state index contributed by atoms with van der Waals surface area (Å²) in [5.74, 6) is 1.07. The van der Waals surface area contributed by atoms with Crippen molar-refractivity contribution in [1.29, 1.82) is 21.0 Å². The summed E-state index contributed by atoms with van der Waals surface area (Å²) in [6.07, 6.45) is 0. The lowest BCUT2D eigenvalue weighted by Crippen LogP contribution is -2.01. The maximum atomic E-state index is 9.54. The minimum absolute atomic E-state index is 0.0683. The van der Waals surface area contributed by atoms with Gasteiger partial charge in [-0.3, -0.25) is 0 Å². The predicted molar refractivity (Wildman–Crippen MR) is 157 cm³/mol. The Bertz CT molecular complexity index is 2190. The fourth-order valence-electron chi connectivity index (χ4n) is 5.50. The van der Waals surface area contributed by atoms with Crippen molar-refractivity contribution in [3.63, 3.8) is 0 Å². The molecule has 0 saturated heterocycles. The van der Waals surface area contributed by atoms with Crippen LogP contribution in [-0.2, 0) is 0 Å². The van der Waals surface area contributed by atoms with E-state index in [1.165, 1.54) is 0 Å². The standard InChI is InChI=1S/C34H16N6O2/c35-15-21(16-36)33-39-31-28(42-33)14-26-24(29(31)20-9-5-2-6-10-20)12-11-23-25(19-7-3-1-4-8-19)13-27-32(30(23)26)40-34(41-27)22(17-37)18-38/h1-14,39-40H. The fraction of sp³-hybridized carbons (Fsp3) is 0. The quantitative estimate of drug-likeness (QED) is 0.174. The van der Waals surface area contributed by atoms with Gasteiger partial charge in [-0.25, -0.2) is 0 Å². The smallest absolute Gasteiger partial charge is 0.226 e. The summed E-state index contributed by atoms with van der Waals surface area (Å²) in [6, 6.07) is 35.1. The minimum Gasteiger partial charge on any atom is -0.437 e. The van der Waals surface area contributed by atoms with E-state index < -0.39 is 0 Å². The third-order valence-corrected chi connectivity index (χ3v) is 7.30. The van der Waals surface area contributed by atoms with Gasteiger partial charge in [0.25, 0.3) is 0 Å². The number of nitrogens with one attached hydrogen (secondary N) is 2. The van der Waals surface area contributed by atoms with Gasteiger partial charge in [0.05, 0.1) is 11.4 Å². The van der Waals surface area contributed by atoms with E-state index in [4.69, 9.17) is 9.47 Å². The van der Waals surface area contributed by atoms with Gasteiger partial charge < -0.3 is 20.1 Å². The van der Waals surface area contributed by atoms with Crippen LogP contribution in [0.1, 0.15) is 0 Å². The highest BCUT2D eigenvalue weighted by molar-refractivity contribution is 6.23. The summed E-state index contributed by atoms with van der Waals surface area (Å²) >= 11 is 0. The van der Waals surface area contributed by atoms with Crippen molar-refractivity contribution >= 4 is 32.9 Å². The van der Waals surface area contributed by atoms with E-state index in [-0.39, 0.29) is 22.9 Å². The summed E-state index contributed by atoms with van der Waals surface area (Å²) in [5.41, 5.74) is 4.52. The van der Waals surface area contributed by atoms with Crippen molar-refractivity contribution in [3.05, 3.63) is 108 Å². The number of nitriles is 4. The molecule has 0 saturated carbocycles. The van der Waals surface area contributed by atoms with Crippen LogP contribution in [0.5, 0.6) is 11.5 Å². The van der Waals surface area contributed by atoms with Crippen LogP contribution in [-0.4, -0.2) is 0 Å². The minimum atomic E-state index is -0.172. The highest BCUT2D eigenvalue weighted by Gasteiger charge is 2.30. The first kappa shape index (κ1) is 24.3. The number of nitrogens with zero attached hydrogens (tertiary/aromatic N) is 4. The van der Waals surface area contributed by atoms with Crippen LogP contribution < -0.4 is 20.1 Å². The summed E-state index contributed by atoms with van der Waals surface area (Å²) in [4.78, 5) is 0. The number of hydrogen-bond donors (Lipinski definition) is 2. The number of benzene rings is 5. The molecule has 0 bridgehead atoms. The third kappa shape index (κ3) is 3.59. The van der Waals surface area contributed by atoms with E-state index in [9.17, 15) is 21.0 Å². The number of allylic oxidation sites excluding steroid dienone is 2. The van der Waals surface area contributed by atoms with E-state index in [0.717, 1.165) is 43.8 Å². The molecule has 194 valence electrons. The second-order valence-corrected chi connectivity index (χ2v) is 9.55. The van der Waals surface area contributed by atoms with Crippen molar-refractivity contribution in [2.45, 2.75) is 0 Å². The van der Waals surface area contributed by atoms with E-state index >= 15 is 0 Å². The second-order valence-electron chi connectivity index (χ2n) is 9.55. The van der Waals surface area contributed by atoms with Crippen molar-refractivity contribution in [1.82, 2.24) is 0 Å². The molecule has 0 aromatic heterocycles. The normalized spacial score (nSPS) is 12.4. The van der Waals surface area contributed by atoms with Crippen LogP contribution in [0.4, 0.5) is 11.4 Å². The number of anilines is 2. The van der Waals surface area contributed by atoms with Crippen LogP contribution >= 0.6 is 0 Å². The molecule has 0 amide bonds. The fourth-order valence-corrected chi connectivity index (χ4v) is 5.50. The second kappa shape index (κ2) is 9.47. The summed E-state index contributed by atoms with van der Waals surface area (Å²) in [5, 5.41) is 47.9. The molecule has 0 spiro atoms. The Morgan fingerprint density at radius 1 is 0.548 bits per heavy atom. The molecule has 2 heterocycles. The molecule has 7 rings (SSSR count). The SMILES string of the molecule is N#CC(C#N)=C1Nc2c(cc3c(ccc4c(-c5ccccc5)cc5c(c43)NC(=C(C#N)C#N)O5)c2-c2ccccc2)O1. The maximum absolute atomic E-state index is 9.54. The van der Waals surface area contributed by atoms with E-state index in [2.05, 4.69) is 10.6 Å². The Morgan fingerprint density at radius 2 is 1.07 bits per heavy atom. The van der Waals surface area contributed by atoms with Gasteiger partial charge >= 0.3 is 0 Å². The Hall–Kier alpha value is -6.74. The van der Waals surface area contributed by atoms with Gasteiger partial charge in [-0.15, -0.1) is 0 Å². The third-order valence-electron chi connectivity index (χ3n) is 7.30. The van der Waals surface area contributed by atoms with Crippen LogP contribution in [0, 0.1) is 45.3 Å². The zero-order valence-electron chi connectivity index (χ0n) is 21.7. The van der Waals surface area contributed by atoms with Gasteiger partial charge in [-0.2, -0.15) is 21.0 Å². The molecule has 0 fully saturated rings. The number of fused-ring (bicyclic) bond motifs is 6. The van der Waals surface area contributed by atoms with Crippen LogP contribution in [0.2, 0.25) is 0 Å². The zero-order chi connectivity index (χ0) is 28.8. The van der Waals surface area contributed by atoms with Crippen LogP contribution in [0.15, 0.2) is 108 Å². The number of rotatable bonds is 2. The molecule has 0 atom stereocenters. The van der Waals surface area contributed by atoms with E-state index in [1.54, 1.807) is 0 Å². The molecular weight excluding hydrogens is 524 g/mol. The molecular formula is C34H16N6O2. The van der Waals surface area contributed by atoms with Crippen molar-refractivity contribution in [2.24, 2.45) is 0 Å². The highest BCUT2D eigenvalue weighted by atomic mass is 16.5. The lowest BCUT2D eigenvalue weighted by Gasteiger charge is -2.17. The first-order chi connectivity index (χ1) is 20.6. The van der Waals surface area contributed by atoms with Gasteiger partial charge in [0.1, 0.15) is 24.3 Å². The van der Waals surface area contributed by atoms with Crippen molar-refractivity contribution in [3.8, 4) is 58.0 Å². The predicted octanol–water partition coefficient (Wildman–Crippen LogP) is 7.45. The summed E-state index contributed by atoms with van der Waals surface area (Å²) in [6.45, 7) is 0. The topological polar surface area (TPSA) is 138 Å². The maximum Gasteiger partial charge on any atom is 0.226 e. The largest absolute Gasteiger partial charge is 0.437 e. The summed E-state index contributed by atoms with van der Waals surface area (Å²) in [7, 11) is 0. The molecule has 2 N–H and O–H groups in total. The Balaban J connectivity index is 1.63. The molecule has 42 heavy (non-hydrogen) atoms. The van der Waals surface area contributed by atoms with Crippen LogP contribution in [0.25, 0.3) is 43.8 Å². The first-order valence-corrected chi connectivity index (χ1v) is 12.8. The highest BCUT2D eigenvalue weighted by Crippen LogP contribution is 2.52. The molecule has 2 aliphatic rings. The average Bonchev–Trinajstić information content (AvgIpc) is 3.65. The molecule has 5 aromatic rings. The number of ether oxygens (including phenoxy) is 2.